The minimum absolute atomic E-state index is 1.18. The summed E-state index contributed by atoms with van der Waals surface area (Å²) in [5, 5.41) is 0. The molecule has 0 nitrogen and oxygen atoms in total. The van der Waals surface area contributed by atoms with Crippen molar-refractivity contribution in [2.45, 2.75) is 51.9 Å². The van der Waals surface area contributed by atoms with E-state index in [-0.39, 0.29) is 0 Å². The molecule has 2 aliphatic carbocycles. The highest BCUT2D eigenvalue weighted by molar-refractivity contribution is 4.98. The molecule has 1 unspecified atom stereocenters. The first-order chi connectivity index (χ1) is 5.43. The first-order valence-electron chi connectivity index (χ1n) is 5.43. The van der Waals surface area contributed by atoms with Gasteiger partial charge in [-0.25, -0.2) is 0 Å². The van der Waals surface area contributed by atoms with Gasteiger partial charge in [-0.1, -0.05) is 32.6 Å². The summed E-state index contributed by atoms with van der Waals surface area (Å²) >= 11 is 0. The molecule has 0 aromatic heterocycles. The predicted molar refractivity (Wildman–Crippen MR) is 48.5 cm³/mol. The maximum absolute atomic E-state index is 2.31. The molecule has 2 fully saturated rings. The van der Waals surface area contributed by atoms with Crippen molar-refractivity contribution >= 4 is 0 Å². The highest BCUT2D eigenvalue weighted by atomic mass is 14.5. The van der Waals surface area contributed by atoms with E-state index in [1.165, 1.54) is 43.4 Å². The molecule has 0 saturated heterocycles. The van der Waals surface area contributed by atoms with Gasteiger partial charge in [-0.3, -0.25) is 0 Å². The first kappa shape index (κ1) is 7.64. The van der Waals surface area contributed by atoms with Crippen LogP contribution < -0.4 is 0 Å². The second-order valence-corrected chi connectivity index (χ2v) is 4.42. The van der Waals surface area contributed by atoms with Gasteiger partial charge in [0.1, 0.15) is 0 Å². The molecule has 0 heterocycles. The molecule has 0 bridgehead atoms. The standard InChI is InChI=1S/C11H20/c1-2-3-6-9-10-7-4-5-8-11(9)10/h9-11H,2-8H2,1H3/t9?,10-,11+. The average molecular weight is 152 g/mol. The maximum Gasteiger partial charge on any atom is -0.0352 e. The van der Waals surface area contributed by atoms with Crippen LogP contribution in [0.25, 0.3) is 0 Å². The van der Waals surface area contributed by atoms with E-state index >= 15 is 0 Å². The van der Waals surface area contributed by atoms with Crippen molar-refractivity contribution in [3.8, 4) is 0 Å². The molecule has 11 heavy (non-hydrogen) atoms. The summed E-state index contributed by atoms with van der Waals surface area (Å²) in [5.41, 5.74) is 0. The van der Waals surface area contributed by atoms with E-state index in [4.69, 9.17) is 0 Å². The van der Waals surface area contributed by atoms with Gasteiger partial charge in [-0.05, 0) is 37.0 Å². The largest absolute Gasteiger partial charge is 0.0654 e. The predicted octanol–water partition coefficient (Wildman–Crippen LogP) is 3.61. The monoisotopic (exact) mass is 152 g/mol. The fraction of sp³-hybridized carbons (Fsp3) is 1.00. The second kappa shape index (κ2) is 3.16. The van der Waals surface area contributed by atoms with Crippen LogP contribution in [0.15, 0.2) is 0 Å². The van der Waals surface area contributed by atoms with Gasteiger partial charge in [0.25, 0.3) is 0 Å². The summed E-state index contributed by atoms with van der Waals surface area (Å²) in [6, 6.07) is 0. The zero-order valence-corrected chi connectivity index (χ0v) is 7.68. The smallest absolute Gasteiger partial charge is 0.0352 e. The molecule has 0 heteroatoms. The molecule has 0 aromatic rings. The molecular formula is C11H20. The van der Waals surface area contributed by atoms with Crippen LogP contribution >= 0.6 is 0 Å². The van der Waals surface area contributed by atoms with Crippen molar-refractivity contribution in [3.63, 3.8) is 0 Å². The molecule has 2 aliphatic rings. The van der Waals surface area contributed by atoms with E-state index < -0.39 is 0 Å². The molecule has 2 rings (SSSR count). The lowest BCUT2D eigenvalue weighted by Crippen LogP contribution is -1.91. The molecule has 0 radical (unpaired) electrons. The lowest BCUT2D eigenvalue weighted by molar-refractivity contribution is 0.480. The first-order valence-corrected chi connectivity index (χ1v) is 5.43. The van der Waals surface area contributed by atoms with Crippen LogP contribution in [0, 0.1) is 17.8 Å². The van der Waals surface area contributed by atoms with Crippen LogP contribution in [0.1, 0.15) is 51.9 Å². The van der Waals surface area contributed by atoms with Crippen molar-refractivity contribution < 1.29 is 0 Å². The zero-order valence-electron chi connectivity index (χ0n) is 7.68. The Labute approximate surface area is 70.4 Å². The Morgan fingerprint density at radius 2 is 1.73 bits per heavy atom. The van der Waals surface area contributed by atoms with Gasteiger partial charge in [-0.15, -0.1) is 0 Å². The van der Waals surface area contributed by atoms with Gasteiger partial charge < -0.3 is 0 Å². The molecule has 3 atom stereocenters. The number of unbranched alkanes of at least 4 members (excludes halogenated alkanes) is 1. The highest BCUT2D eigenvalue weighted by Crippen LogP contribution is 2.57. The van der Waals surface area contributed by atoms with Gasteiger partial charge in [0.05, 0.1) is 0 Å². The number of fused-ring (bicyclic) bond motifs is 1. The van der Waals surface area contributed by atoms with Crippen molar-refractivity contribution in [3.05, 3.63) is 0 Å². The van der Waals surface area contributed by atoms with E-state index in [1.54, 1.807) is 19.3 Å². The van der Waals surface area contributed by atoms with Crippen molar-refractivity contribution in [2.24, 2.45) is 17.8 Å². The summed E-state index contributed by atoms with van der Waals surface area (Å²) in [6.45, 7) is 2.31. The number of hydrogen-bond donors (Lipinski definition) is 0. The van der Waals surface area contributed by atoms with E-state index in [0.29, 0.717) is 0 Å². The van der Waals surface area contributed by atoms with Crippen molar-refractivity contribution in [1.29, 1.82) is 0 Å². The Morgan fingerprint density at radius 3 is 2.27 bits per heavy atom. The lowest BCUT2D eigenvalue weighted by Gasteiger charge is -2.05. The molecule has 0 amide bonds. The van der Waals surface area contributed by atoms with Crippen LogP contribution in [0.3, 0.4) is 0 Å². The van der Waals surface area contributed by atoms with Crippen molar-refractivity contribution in [2.75, 3.05) is 0 Å². The summed E-state index contributed by atoms with van der Waals surface area (Å²) in [6.07, 6.45) is 10.6. The Morgan fingerprint density at radius 1 is 1.09 bits per heavy atom. The van der Waals surface area contributed by atoms with Crippen LogP contribution in [-0.4, -0.2) is 0 Å². The summed E-state index contributed by atoms with van der Waals surface area (Å²) in [5.74, 6) is 3.56. The number of rotatable bonds is 3. The molecule has 0 aromatic carbocycles. The van der Waals surface area contributed by atoms with Gasteiger partial charge in [0.2, 0.25) is 0 Å². The van der Waals surface area contributed by atoms with Gasteiger partial charge in [0.15, 0.2) is 0 Å². The van der Waals surface area contributed by atoms with Crippen molar-refractivity contribution in [1.82, 2.24) is 0 Å². The zero-order chi connectivity index (χ0) is 7.68. The van der Waals surface area contributed by atoms with E-state index in [2.05, 4.69) is 6.92 Å². The topological polar surface area (TPSA) is 0 Å². The minimum Gasteiger partial charge on any atom is -0.0654 e. The molecule has 0 spiro atoms. The number of hydrogen-bond acceptors (Lipinski definition) is 0. The Hall–Kier alpha value is 0. The lowest BCUT2D eigenvalue weighted by atomic mass is 10.0. The van der Waals surface area contributed by atoms with Crippen LogP contribution in [0.2, 0.25) is 0 Å². The van der Waals surface area contributed by atoms with E-state index in [9.17, 15) is 0 Å². The van der Waals surface area contributed by atoms with Crippen LogP contribution in [0.5, 0.6) is 0 Å². The molecule has 2 saturated carbocycles. The third-order valence-electron chi connectivity index (χ3n) is 3.72. The Balaban J connectivity index is 1.72. The molecular weight excluding hydrogens is 132 g/mol. The van der Waals surface area contributed by atoms with Gasteiger partial charge in [-0.2, -0.15) is 0 Å². The summed E-state index contributed by atoms with van der Waals surface area (Å²) in [4.78, 5) is 0. The average Bonchev–Trinajstić information content (AvgIpc) is 2.75. The van der Waals surface area contributed by atoms with E-state index in [1.807, 2.05) is 0 Å². The Kier molecular flexibility index (Phi) is 2.20. The maximum atomic E-state index is 2.31. The third-order valence-corrected chi connectivity index (χ3v) is 3.72. The minimum atomic E-state index is 1.18. The molecule has 0 aliphatic heterocycles. The molecule has 0 N–H and O–H groups in total. The van der Waals surface area contributed by atoms with E-state index in [0.717, 1.165) is 0 Å². The quantitative estimate of drug-likeness (QED) is 0.579. The summed E-state index contributed by atoms with van der Waals surface area (Å²) in [7, 11) is 0. The van der Waals surface area contributed by atoms with Crippen LogP contribution in [-0.2, 0) is 0 Å². The third kappa shape index (κ3) is 1.45. The fourth-order valence-electron chi connectivity index (χ4n) is 3.01. The van der Waals surface area contributed by atoms with Crippen LogP contribution in [0.4, 0.5) is 0 Å². The SMILES string of the molecule is CCCCC1[C@H]2CCCC[C@@H]12. The van der Waals surface area contributed by atoms with Gasteiger partial charge >= 0.3 is 0 Å². The fourth-order valence-corrected chi connectivity index (χ4v) is 3.01. The Bertz CT molecular complexity index is 116. The summed E-state index contributed by atoms with van der Waals surface area (Å²) < 4.78 is 0. The van der Waals surface area contributed by atoms with Gasteiger partial charge in [0, 0.05) is 0 Å². The second-order valence-electron chi connectivity index (χ2n) is 4.42. The highest BCUT2D eigenvalue weighted by Gasteiger charge is 2.49. The normalized spacial score (nSPS) is 41.7. The molecule has 64 valence electrons.